The minimum atomic E-state index is -0.730. The molecule has 3 aliphatic carbocycles. The number of hydrogen-bond donors (Lipinski definition) is 2. The van der Waals surface area contributed by atoms with Crippen LogP contribution in [0, 0.1) is 23.7 Å². The van der Waals surface area contributed by atoms with Gasteiger partial charge in [0.05, 0.1) is 0 Å². The van der Waals surface area contributed by atoms with E-state index in [1.807, 2.05) is 0 Å². The molecule has 20 heavy (non-hydrogen) atoms. The van der Waals surface area contributed by atoms with Crippen LogP contribution in [-0.2, 0) is 4.79 Å². The minimum Gasteiger partial charge on any atom is -0.480 e. The van der Waals surface area contributed by atoms with Gasteiger partial charge in [0.1, 0.15) is 5.54 Å². The summed E-state index contributed by atoms with van der Waals surface area (Å²) in [4.78, 5) is 14.0. The summed E-state index contributed by atoms with van der Waals surface area (Å²) in [7, 11) is 3.90. The zero-order chi connectivity index (χ0) is 14.3. The fourth-order valence-electron chi connectivity index (χ4n) is 4.83. The zero-order valence-corrected chi connectivity index (χ0v) is 12.8. The fourth-order valence-corrected chi connectivity index (χ4v) is 4.83. The Morgan fingerprint density at radius 2 is 2.05 bits per heavy atom. The largest absolute Gasteiger partial charge is 0.480 e. The molecule has 0 aromatic carbocycles. The molecular formula is C16H28N2O2. The maximum atomic E-state index is 11.7. The maximum absolute atomic E-state index is 11.7. The first kappa shape index (κ1) is 14.3. The van der Waals surface area contributed by atoms with E-state index in [2.05, 4.69) is 17.3 Å². The lowest BCUT2D eigenvalue weighted by Gasteiger charge is -2.35. The number of likely N-dealkylation sites (N-methyl/N-ethyl adjacent to an activating group) is 2. The highest BCUT2D eigenvalue weighted by Crippen LogP contribution is 2.48. The molecule has 3 fully saturated rings. The van der Waals surface area contributed by atoms with E-state index in [1.165, 1.54) is 25.7 Å². The molecule has 0 heterocycles. The van der Waals surface area contributed by atoms with Crippen molar-refractivity contribution in [3.8, 4) is 0 Å². The van der Waals surface area contributed by atoms with Gasteiger partial charge >= 0.3 is 5.97 Å². The van der Waals surface area contributed by atoms with Gasteiger partial charge in [-0.25, -0.2) is 0 Å². The molecule has 2 bridgehead atoms. The molecule has 114 valence electrons. The monoisotopic (exact) mass is 280 g/mol. The van der Waals surface area contributed by atoms with Crippen LogP contribution < -0.4 is 5.32 Å². The third-order valence-corrected chi connectivity index (χ3v) is 6.05. The summed E-state index contributed by atoms with van der Waals surface area (Å²) in [5, 5.41) is 12.8. The normalized spacial score (nSPS) is 35.5. The van der Waals surface area contributed by atoms with Crippen molar-refractivity contribution in [2.75, 3.05) is 27.2 Å². The molecule has 4 nitrogen and oxygen atoms in total. The summed E-state index contributed by atoms with van der Waals surface area (Å²) in [5.74, 6) is 2.32. The molecular weight excluding hydrogens is 252 g/mol. The van der Waals surface area contributed by atoms with Crippen molar-refractivity contribution in [2.24, 2.45) is 23.7 Å². The van der Waals surface area contributed by atoms with Gasteiger partial charge in [-0.15, -0.1) is 0 Å². The van der Waals surface area contributed by atoms with Gasteiger partial charge in [0.15, 0.2) is 0 Å². The highest BCUT2D eigenvalue weighted by molar-refractivity contribution is 5.80. The van der Waals surface area contributed by atoms with Crippen LogP contribution in [0.1, 0.15) is 38.5 Å². The van der Waals surface area contributed by atoms with Gasteiger partial charge in [0.2, 0.25) is 0 Å². The van der Waals surface area contributed by atoms with Gasteiger partial charge in [-0.2, -0.15) is 0 Å². The van der Waals surface area contributed by atoms with Crippen molar-refractivity contribution in [1.29, 1.82) is 0 Å². The van der Waals surface area contributed by atoms with E-state index < -0.39 is 11.5 Å². The molecule has 3 aliphatic rings. The van der Waals surface area contributed by atoms with E-state index in [4.69, 9.17) is 0 Å². The second-order valence-corrected chi connectivity index (χ2v) is 7.43. The summed E-state index contributed by atoms with van der Waals surface area (Å²) in [6, 6.07) is 0. The number of nitrogens with zero attached hydrogens (tertiary/aromatic N) is 1. The van der Waals surface area contributed by atoms with Gasteiger partial charge in [0, 0.05) is 13.1 Å². The second kappa shape index (κ2) is 5.30. The number of nitrogens with one attached hydrogen (secondary N) is 1. The average Bonchev–Trinajstić information content (AvgIpc) is 3.06. The van der Waals surface area contributed by atoms with Crippen LogP contribution in [-0.4, -0.2) is 48.7 Å². The number of carbonyl (C=O) groups is 1. The Morgan fingerprint density at radius 3 is 2.50 bits per heavy atom. The summed E-state index contributed by atoms with van der Waals surface area (Å²) in [6.45, 7) is 1.71. The predicted molar refractivity (Wildman–Crippen MR) is 78.6 cm³/mol. The molecule has 0 aromatic rings. The lowest BCUT2D eigenvalue weighted by atomic mass is 9.87. The van der Waals surface area contributed by atoms with Crippen LogP contribution >= 0.6 is 0 Å². The summed E-state index contributed by atoms with van der Waals surface area (Å²) < 4.78 is 0. The molecule has 3 saturated carbocycles. The molecule has 3 rings (SSSR count). The number of carboxylic acids is 1. The van der Waals surface area contributed by atoms with Crippen LogP contribution in [0.4, 0.5) is 0 Å². The van der Waals surface area contributed by atoms with Crippen LogP contribution in [0.15, 0.2) is 0 Å². The predicted octanol–water partition coefficient (Wildman–Crippen LogP) is 1.81. The number of carboxylic acid groups (broad SMARTS) is 1. The van der Waals surface area contributed by atoms with Crippen molar-refractivity contribution in [1.82, 2.24) is 10.2 Å². The molecule has 4 atom stereocenters. The van der Waals surface area contributed by atoms with Crippen LogP contribution in [0.5, 0.6) is 0 Å². The van der Waals surface area contributed by atoms with Crippen LogP contribution in [0.2, 0.25) is 0 Å². The lowest BCUT2D eigenvalue weighted by molar-refractivity contribution is -0.146. The third kappa shape index (κ3) is 2.48. The summed E-state index contributed by atoms with van der Waals surface area (Å²) >= 11 is 0. The highest BCUT2D eigenvalue weighted by Gasteiger charge is 2.51. The topological polar surface area (TPSA) is 52.6 Å². The smallest absolute Gasteiger partial charge is 0.325 e. The Kier molecular flexibility index (Phi) is 3.80. The van der Waals surface area contributed by atoms with Crippen LogP contribution in [0.3, 0.4) is 0 Å². The molecule has 0 amide bonds. The van der Waals surface area contributed by atoms with E-state index in [1.54, 1.807) is 7.05 Å². The summed E-state index contributed by atoms with van der Waals surface area (Å²) in [6.07, 6.45) is 7.74. The average molecular weight is 280 g/mol. The molecule has 2 N–H and O–H groups in total. The summed E-state index contributed by atoms with van der Waals surface area (Å²) in [5.41, 5.74) is -0.730. The number of aliphatic carboxylic acids is 1. The Labute approximate surface area is 121 Å². The first-order valence-corrected chi connectivity index (χ1v) is 8.16. The van der Waals surface area contributed by atoms with Crippen molar-refractivity contribution in [3.05, 3.63) is 0 Å². The van der Waals surface area contributed by atoms with Gasteiger partial charge in [-0.1, -0.05) is 6.42 Å². The van der Waals surface area contributed by atoms with Crippen molar-refractivity contribution in [3.63, 3.8) is 0 Å². The molecule has 0 aromatic heterocycles. The maximum Gasteiger partial charge on any atom is 0.325 e. The Morgan fingerprint density at radius 1 is 1.30 bits per heavy atom. The standard InChI is InChI=1S/C16H28N2O2/c1-17-16(15(19)20,14-5-6-14)10-18(2)9-13-8-11-3-4-12(13)7-11/h11-14,17H,3-10H2,1-2H3,(H,19,20). The third-order valence-electron chi connectivity index (χ3n) is 6.05. The van der Waals surface area contributed by atoms with Gasteiger partial charge < -0.3 is 15.3 Å². The molecule has 0 saturated heterocycles. The van der Waals surface area contributed by atoms with Gasteiger partial charge in [-0.05, 0) is 69.9 Å². The van der Waals surface area contributed by atoms with E-state index in [0.717, 1.165) is 37.1 Å². The second-order valence-electron chi connectivity index (χ2n) is 7.43. The van der Waals surface area contributed by atoms with E-state index >= 15 is 0 Å². The Bertz CT molecular complexity index is 383. The van der Waals surface area contributed by atoms with Gasteiger partial charge in [0.25, 0.3) is 0 Å². The Balaban J connectivity index is 1.59. The van der Waals surface area contributed by atoms with E-state index in [9.17, 15) is 9.90 Å². The Hall–Kier alpha value is -0.610. The number of rotatable bonds is 7. The van der Waals surface area contributed by atoms with E-state index in [-0.39, 0.29) is 0 Å². The molecule has 4 heteroatoms. The first-order valence-electron chi connectivity index (χ1n) is 8.16. The van der Waals surface area contributed by atoms with Crippen LogP contribution in [0.25, 0.3) is 0 Å². The lowest BCUT2D eigenvalue weighted by Crippen LogP contribution is -2.59. The molecule has 0 aliphatic heterocycles. The molecule has 0 spiro atoms. The van der Waals surface area contributed by atoms with Crippen molar-refractivity contribution >= 4 is 5.97 Å². The van der Waals surface area contributed by atoms with Crippen molar-refractivity contribution in [2.45, 2.75) is 44.1 Å². The molecule has 0 radical (unpaired) electrons. The SMILES string of the molecule is CNC(CN(C)CC1CC2CCC1C2)(C(=O)O)C1CC1. The zero-order valence-electron chi connectivity index (χ0n) is 12.8. The van der Waals surface area contributed by atoms with E-state index in [0.29, 0.717) is 12.5 Å². The minimum absolute atomic E-state index is 0.312. The number of fused-ring (bicyclic) bond motifs is 2. The quantitative estimate of drug-likeness (QED) is 0.747. The fraction of sp³-hybridized carbons (Fsp3) is 0.938. The molecule has 4 unspecified atom stereocenters. The highest BCUT2D eigenvalue weighted by atomic mass is 16.4. The number of hydrogen-bond acceptors (Lipinski definition) is 3. The first-order chi connectivity index (χ1) is 9.55. The van der Waals surface area contributed by atoms with Gasteiger partial charge in [-0.3, -0.25) is 4.79 Å². The van der Waals surface area contributed by atoms with Crippen molar-refractivity contribution < 1.29 is 9.90 Å².